The second kappa shape index (κ2) is 7.65. The van der Waals surface area contributed by atoms with Crippen LogP contribution in [0.2, 0.25) is 5.02 Å². The molecule has 0 spiro atoms. The van der Waals surface area contributed by atoms with Gasteiger partial charge in [-0.05, 0) is 23.8 Å². The minimum Gasteiger partial charge on any atom is -0.351 e. The third kappa shape index (κ3) is 5.72. The molecular formula is C14H11ClF3N3OS. The Morgan fingerprint density at radius 3 is 2.78 bits per heavy atom. The summed E-state index contributed by atoms with van der Waals surface area (Å²) in [7, 11) is 0. The van der Waals surface area contributed by atoms with E-state index in [0.717, 1.165) is 29.6 Å². The molecule has 0 aliphatic heterocycles. The van der Waals surface area contributed by atoms with E-state index < -0.39 is 11.9 Å². The van der Waals surface area contributed by atoms with Gasteiger partial charge in [0, 0.05) is 17.8 Å². The molecular weight excluding hydrogens is 351 g/mol. The molecule has 1 heterocycles. The van der Waals surface area contributed by atoms with Gasteiger partial charge in [-0.2, -0.15) is 13.2 Å². The first kappa shape index (κ1) is 17.6. The Hall–Kier alpha value is -1.80. The first-order valence-electron chi connectivity index (χ1n) is 6.39. The maximum absolute atomic E-state index is 12.5. The highest BCUT2D eigenvalue weighted by atomic mass is 35.5. The van der Waals surface area contributed by atoms with Crippen LogP contribution in [-0.2, 0) is 17.5 Å². The van der Waals surface area contributed by atoms with Crippen LogP contribution < -0.4 is 5.32 Å². The molecule has 0 radical (unpaired) electrons. The maximum Gasteiger partial charge on any atom is 0.433 e. The van der Waals surface area contributed by atoms with Gasteiger partial charge in [0.1, 0.15) is 5.69 Å². The fourth-order valence-electron chi connectivity index (χ4n) is 1.60. The predicted molar refractivity (Wildman–Crippen MR) is 81.1 cm³/mol. The van der Waals surface area contributed by atoms with Gasteiger partial charge in [-0.15, -0.1) is 0 Å². The van der Waals surface area contributed by atoms with Crippen LogP contribution in [0.4, 0.5) is 13.2 Å². The Bertz CT molecular complexity index is 697. The Morgan fingerprint density at radius 2 is 2.09 bits per heavy atom. The van der Waals surface area contributed by atoms with E-state index in [0.29, 0.717) is 5.02 Å². The highest BCUT2D eigenvalue weighted by molar-refractivity contribution is 7.99. The molecule has 4 nitrogen and oxygen atoms in total. The third-order valence-electron chi connectivity index (χ3n) is 2.63. The maximum atomic E-state index is 12.5. The second-order valence-electron chi connectivity index (χ2n) is 4.42. The molecule has 1 N–H and O–H groups in total. The lowest BCUT2D eigenvalue weighted by molar-refractivity contribution is -0.141. The quantitative estimate of drug-likeness (QED) is 0.653. The lowest BCUT2D eigenvalue weighted by Crippen LogP contribution is -2.24. The van der Waals surface area contributed by atoms with Crippen molar-refractivity contribution in [1.82, 2.24) is 15.3 Å². The smallest absolute Gasteiger partial charge is 0.351 e. The molecule has 0 aliphatic carbocycles. The molecule has 0 saturated heterocycles. The fourth-order valence-corrected chi connectivity index (χ4v) is 2.47. The van der Waals surface area contributed by atoms with Crippen LogP contribution in [0, 0.1) is 0 Å². The molecule has 0 bridgehead atoms. The van der Waals surface area contributed by atoms with Crippen molar-refractivity contribution in [2.24, 2.45) is 0 Å². The van der Waals surface area contributed by atoms with Gasteiger partial charge in [-0.1, -0.05) is 35.5 Å². The number of rotatable bonds is 5. The van der Waals surface area contributed by atoms with E-state index in [1.165, 1.54) is 0 Å². The molecule has 9 heteroatoms. The zero-order valence-electron chi connectivity index (χ0n) is 11.6. The van der Waals surface area contributed by atoms with Crippen molar-refractivity contribution in [3.63, 3.8) is 0 Å². The molecule has 0 saturated carbocycles. The molecule has 2 aromatic rings. The summed E-state index contributed by atoms with van der Waals surface area (Å²) < 4.78 is 37.6. The van der Waals surface area contributed by atoms with Gasteiger partial charge >= 0.3 is 6.18 Å². The Kier molecular flexibility index (Phi) is 5.84. The molecule has 0 fully saturated rings. The van der Waals surface area contributed by atoms with Gasteiger partial charge < -0.3 is 5.32 Å². The summed E-state index contributed by atoms with van der Waals surface area (Å²) in [5, 5.41) is 3.10. The van der Waals surface area contributed by atoms with E-state index >= 15 is 0 Å². The summed E-state index contributed by atoms with van der Waals surface area (Å²) in [6.07, 6.45) is -3.52. The number of benzene rings is 1. The molecule has 0 unspecified atom stereocenters. The van der Waals surface area contributed by atoms with Crippen LogP contribution in [0.25, 0.3) is 0 Å². The van der Waals surface area contributed by atoms with E-state index in [-0.39, 0.29) is 23.4 Å². The van der Waals surface area contributed by atoms with Gasteiger partial charge in [0.25, 0.3) is 0 Å². The van der Waals surface area contributed by atoms with Crippen molar-refractivity contribution in [3.05, 3.63) is 52.8 Å². The van der Waals surface area contributed by atoms with E-state index in [2.05, 4.69) is 15.3 Å². The molecule has 23 heavy (non-hydrogen) atoms. The Labute approximate surface area is 139 Å². The normalized spacial score (nSPS) is 11.3. The lowest BCUT2D eigenvalue weighted by atomic mass is 10.2. The number of carbonyl (C=O) groups excluding carboxylic acids is 1. The number of halogens is 4. The van der Waals surface area contributed by atoms with Gasteiger partial charge in [0.05, 0.1) is 5.75 Å². The number of carbonyl (C=O) groups is 1. The molecule has 1 aromatic heterocycles. The molecule has 0 atom stereocenters. The number of nitrogens with zero attached hydrogens (tertiary/aromatic N) is 2. The standard InChI is InChI=1S/C14H11ClF3N3OS/c15-10-3-1-2-9(6-10)7-20-12(22)8-23-13-19-5-4-11(21-13)14(16,17)18/h1-6H,7-8H2,(H,20,22). The van der Waals surface area contributed by atoms with Crippen molar-refractivity contribution >= 4 is 29.3 Å². The highest BCUT2D eigenvalue weighted by Gasteiger charge is 2.32. The van der Waals surface area contributed by atoms with Gasteiger partial charge in [-0.3, -0.25) is 4.79 Å². The van der Waals surface area contributed by atoms with Crippen molar-refractivity contribution in [3.8, 4) is 0 Å². The zero-order valence-corrected chi connectivity index (χ0v) is 13.2. The number of aromatic nitrogens is 2. The summed E-state index contributed by atoms with van der Waals surface area (Å²) in [5.74, 6) is -0.419. The Balaban J connectivity index is 1.85. The third-order valence-corrected chi connectivity index (χ3v) is 3.73. The first-order valence-corrected chi connectivity index (χ1v) is 7.75. The number of hydrogen-bond acceptors (Lipinski definition) is 4. The van der Waals surface area contributed by atoms with E-state index in [9.17, 15) is 18.0 Å². The summed E-state index contributed by atoms with van der Waals surface area (Å²) in [6.45, 7) is 0.281. The van der Waals surface area contributed by atoms with Crippen molar-refractivity contribution < 1.29 is 18.0 Å². The van der Waals surface area contributed by atoms with E-state index in [1.807, 2.05) is 0 Å². The Morgan fingerprint density at radius 1 is 1.30 bits per heavy atom. The minimum absolute atomic E-state index is 0.0815. The van der Waals surface area contributed by atoms with Crippen LogP contribution in [0.15, 0.2) is 41.7 Å². The van der Waals surface area contributed by atoms with Crippen molar-refractivity contribution in [2.45, 2.75) is 17.9 Å². The number of thioether (sulfide) groups is 1. The van der Waals surface area contributed by atoms with Crippen LogP contribution in [0.5, 0.6) is 0 Å². The average molecular weight is 362 g/mol. The lowest BCUT2D eigenvalue weighted by Gasteiger charge is -2.07. The SMILES string of the molecule is O=C(CSc1nccc(C(F)(F)F)n1)NCc1cccc(Cl)c1. The molecule has 122 valence electrons. The first-order chi connectivity index (χ1) is 10.8. The summed E-state index contributed by atoms with van der Waals surface area (Å²) in [5.41, 5.74) is -0.208. The van der Waals surface area contributed by atoms with Crippen molar-refractivity contribution in [1.29, 1.82) is 0 Å². The van der Waals surface area contributed by atoms with Crippen LogP contribution >= 0.6 is 23.4 Å². The molecule has 1 amide bonds. The number of amides is 1. The summed E-state index contributed by atoms with van der Waals surface area (Å²) in [6, 6.07) is 7.77. The van der Waals surface area contributed by atoms with Crippen molar-refractivity contribution in [2.75, 3.05) is 5.75 Å². The van der Waals surface area contributed by atoms with E-state index in [4.69, 9.17) is 11.6 Å². The minimum atomic E-state index is -4.53. The molecule has 0 aliphatic rings. The fraction of sp³-hybridized carbons (Fsp3) is 0.214. The predicted octanol–water partition coefficient (Wildman–Crippen LogP) is 3.56. The topological polar surface area (TPSA) is 54.9 Å². The summed E-state index contributed by atoms with van der Waals surface area (Å²) >= 11 is 6.66. The van der Waals surface area contributed by atoms with Crippen LogP contribution in [0.3, 0.4) is 0 Å². The largest absolute Gasteiger partial charge is 0.433 e. The van der Waals surface area contributed by atoms with Gasteiger partial charge in [0.2, 0.25) is 5.91 Å². The zero-order chi connectivity index (χ0) is 16.9. The molecule has 1 aromatic carbocycles. The van der Waals surface area contributed by atoms with E-state index in [1.54, 1.807) is 24.3 Å². The van der Waals surface area contributed by atoms with Gasteiger partial charge in [0.15, 0.2) is 5.16 Å². The number of nitrogens with one attached hydrogen (secondary N) is 1. The monoisotopic (exact) mass is 361 g/mol. The summed E-state index contributed by atoms with van der Waals surface area (Å²) in [4.78, 5) is 18.8. The number of hydrogen-bond donors (Lipinski definition) is 1. The number of alkyl halides is 3. The van der Waals surface area contributed by atoms with Crippen LogP contribution in [0.1, 0.15) is 11.3 Å². The second-order valence-corrected chi connectivity index (χ2v) is 5.80. The van der Waals surface area contributed by atoms with Crippen LogP contribution in [-0.4, -0.2) is 21.6 Å². The van der Waals surface area contributed by atoms with Gasteiger partial charge in [-0.25, -0.2) is 9.97 Å². The molecule has 2 rings (SSSR count). The average Bonchev–Trinajstić information content (AvgIpc) is 2.50. The highest BCUT2D eigenvalue weighted by Crippen LogP contribution is 2.28.